The highest BCUT2D eigenvalue weighted by Crippen LogP contribution is 2.19. The minimum Gasteiger partial charge on any atom is -0.352 e. The molecule has 1 amide bonds. The Morgan fingerprint density at radius 1 is 1.23 bits per heavy atom. The number of sulfone groups is 1. The maximum atomic E-state index is 12.5. The average Bonchev–Trinajstić information content (AvgIpc) is 2.49. The molecule has 0 heterocycles. The minimum absolute atomic E-state index is 0.0844. The second kappa shape index (κ2) is 7.27. The van der Waals surface area contributed by atoms with Crippen molar-refractivity contribution >= 4 is 15.7 Å². The zero-order chi connectivity index (χ0) is 16.2. The molecule has 0 aliphatic heterocycles. The highest BCUT2D eigenvalue weighted by molar-refractivity contribution is 7.92. The molecular formula is C17H25NO3S. The Labute approximate surface area is 133 Å². The van der Waals surface area contributed by atoms with Crippen molar-refractivity contribution in [3.63, 3.8) is 0 Å². The lowest BCUT2D eigenvalue weighted by Gasteiger charge is -2.24. The first kappa shape index (κ1) is 17.0. The van der Waals surface area contributed by atoms with Gasteiger partial charge in [-0.25, -0.2) is 8.42 Å². The Bertz CT molecular complexity index is 619. The molecule has 1 fully saturated rings. The van der Waals surface area contributed by atoms with Gasteiger partial charge in [-0.2, -0.15) is 0 Å². The summed E-state index contributed by atoms with van der Waals surface area (Å²) in [4.78, 5) is 12.2. The van der Waals surface area contributed by atoms with Gasteiger partial charge in [-0.05, 0) is 37.8 Å². The summed E-state index contributed by atoms with van der Waals surface area (Å²) < 4.78 is 24.9. The fourth-order valence-corrected chi connectivity index (χ4v) is 4.24. The van der Waals surface area contributed by atoms with Crippen molar-refractivity contribution in [3.05, 3.63) is 35.4 Å². The van der Waals surface area contributed by atoms with Crippen LogP contribution >= 0.6 is 0 Å². The van der Waals surface area contributed by atoms with Gasteiger partial charge in [0.15, 0.2) is 9.84 Å². The van der Waals surface area contributed by atoms with Gasteiger partial charge in [0, 0.05) is 6.04 Å². The largest absolute Gasteiger partial charge is 0.352 e. The summed E-state index contributed by atoms with van der Waals surface area (Å²) in [6, 6.07) is 7.53. The molecule has 0 unspecified atom stereocenters. The molecule has 1 N–H and O–H groups in total. The Kier molecular flexibility index (Phi) is 5.62. The van der Waals surface area contributed by atoms with Crippen molar-refractivity contribution in [1.29, 1.82) is 0 Å². The second-order valence-electron chi connectivity index (χ2n) is 6.22. The Morgan fingerprint density at radius 3 is 2.50 bits per heavy atom. The van der Waals surface area contributed by atoms with E-state index >= 15 is 0 Å². The van der Waals surface area contributed by atoms with Crippen LogP contribution in [0.3, 0.4) is 0 Å². The molecule has 1 aliphatic rings. The maximum absolute atomic E-state index is 12.5. The number of carbonyl (C=O) groups excluding carboxylic acids is 1. The summed E-state index contributed by atoms with van der Waals surface area (Å²) in [5, 5.41) is 1.90. The van der Waals surface area contributed by atoms with Gasteiger partial charge in [-0.15, -0.1) is 0 Å². The lowest BCUT2D eigenvalue weighted by Crippen LogP contribution is -2.44. The molecule has 5 heteroatoms. The highest BCUT2D eigenvalue weighted by atomic mass is 32.2. The van der Waals surface area contributed by atoms with E-state index in [9.17, 15) is 13.2 Å². The molecule has 122 valence electrons. The van der Waals surface area contributed by atoms with Crippen LogP contribution in [0.4, 0.5) is 0 Å². The Hall–Kier alpha value is -1.36. The quantitative estimate of drug-likeness (QED) is 0.906. The first-order valence-electron chi connectivity index (χ1n) is 7.96. The molecule has 1 aliphatic carbocycles. The molecule has 1 aromatic carbocycles. The van der Waals surface area contributed by atoms with Gasteiger partial charge < -0.3 is 5.32 Å². The van der Waals surface area contributed by atoms with E-state index in [4.69, 9.17) is 0 Å². The smallest absolute Gasteiger partial charge is 0.238 e. The van der Waals surface area contributed by atoms with E-state index in [1.807, 2.05) is 25.1 Å². The molecule has 0 radical (unpaired) electrons. The predicted octanol–water partition coefficient (Wildman–Crippen LogP) is 2.75. The van der Waals surface area contributed by atoms with Gasteiger partial charge in [0.1, 0.15) is 5.25 Å². The SMILES string of the molecule is Cc1ccccc1CS(=O)(=O)[C@@H](C)C(=O)NC1CCCCC1. The van der Waals surface area contributed by atoms with Crippen LogP contribution in [0.15, 0.2) is 24.3 Å². The molecule has 0 spiro atoms. The molecule has 2 rings (SSSR count). The van der Waals surface area contributed by atoms with Crippen LogP contribution < -0.4 is 5.32 Å². The Morgan fingerprint density at radius 2 is 1.86 bits per heavy atom. The summed E-state index contributed by atoms with van der Waals surface area (Å²) in [6.45, 7) is 3.38. The summed E-state index contributed by atoms with van der Waals surface area (Å²) in [5.41, 5.74) is 1.70. The topological polar surface area (TPSA) is 63.2 Å². The highest BCUT2D eigenvalue weighted by Gasteiger charge is 2.30. The van der Waals surface area contributed by atoms with Crippen molar-refractivity contribution in [1.82, 2.24) is 5.32 Å². The van der Waals surface area contributed by atoms with E-state index < -0.39 is 15.1 Å². The summed E-state index contributed by atoms with van der Waals surface area (Å²) in [6.07, 6.45) is 5.32. The fraction of sp³-hybridized carbons (Fsp3) is 0.588. The molecule has 4 nitrogen and oxygen atoms in total. The number of nitrogens with one attached hydrogen (secondary N) is 1. The lowest BCUT2D eigenvalue weighted by molar-refractivity contribution is -0.121. The fourth-order valence-electron chi connectivity index (χ4n) is 2.84. The molecule has 0 aromatic heterocycles. The predicted molar refractivity (Wildman–Crippen MR) is 88.3 cm³/mol. The maximum Gasteiger partial charge on any atom is 0.238 e. The lowest BCUT2D eigenvalue weighted by atomic mass is 9.95. The number of carbonyl (C=O) groups is 1. The Balaban J connectivity index is 2.01. The van der Waals surface area contributed by atoms with E-state index in [1.165, 1.54) is 13.3 Å². The standard InChI is InChI=1S/C17H25NO3S/c1-13-8-6-7-9-15(13)12-22(20,21)14(2)17(19)18-16-10-4-3-5-11-16/h6-9,14,16H,3-5,10-12H2,1-2H3,(H,18,19)/t14-/m0/s1. The molecule has 1 saturated carbocycles. The van der Waals surface area contributed by atoms with Gasteiger partial charge in [0.25, 0.3) is 0 Å². The zero-order valence-electron chi connectivity index (χ0n) is 13.3. The summed E-state index contributed by atoms with van der Waals surface area (Å²) in [5.74, 6) is -0.445. The van der Waals surface area contributed by atoms with Gasteiger partial charge in [-0.3, -0.25) is 4.79 Å². The van der Waals surface area contributed by atoms with Crippen molar-refractivity contribution < 1.29 is 13.2 Å². The third-order valence-electron chi connectivity index (χ3n) is 4.48. The normalized spacial score (nSPS) is 17.9. The van der Waals surface area contributed by atoms with Crippen molar-refractivity contribution in [2.75, 3.05) is 0 Å². The van der Waals surface area contributed by atoms with E-state index in [1.54, 1.807) is 6.07 Å². The first-order chi connectivity index (χ1) is 10.4. The van der Waals surface area contributed by atoms with Gasteiger partial charge >= 0.3 is 0 Å². The van der Waals surface area contributed by atoms with E-state index in [0.717, 1.165) is 36.8 Å². The van der Waals surface area contributed by atoms with E-state index in [0.29, 0.717) is 0 Å². The number of rotatable bonds is 5. The molecule has 0 bridgehead atoms. The molecular weight excluding hydrogens is 298 g/mol. The van der Waals surface area contributed by atoms with Crippen LogP contribution in [0.25, 0.3) is 0 Å². The van der Waals surface area contributed by atoms with Crippen molar-refractivity contribution in [3.8, 4) is 0 Å². The molecule has 1 aromatic rings. The van der Waals surface area contributed by atoms with Crippen LogP contribution in [0.5, 0.6) is 0 Å². The van der Waals surface area contributed by atoms with Crippen LogP contribution in [-0.2, 0) is 20.4 Å². The van der Waals surface area contributed by atoms with Crippen molar-refractivity contribution in [2.24, 2.45) is 0 Å². The van der Waals surface area contributed by atoms with E-state index in [2.05, 4.69) is 5.32 Å². The number of hydrogen-bond donors (Lipinski definition) is 1. The third-order valence-corrected chi connectivity index (χ3v) is 6.48. The summed E-state index contributed by atoms with van der Waals surface area (Å²) >= 11 is 0. The van der Waals surface area contributed by atoms with Crippen LogP contribution in [0.2, 0.25) is 0 Å². The summed E-state index contributed by atoms with van der Waals surface area (Å²) in [7, 11) is -3.50. The van der Waals surface area contributed by atoms with Gasteiger partial charge in [0.05, 0.1) is 5.75 Å². The van der Waals surface area contributed by atoms with Crippen LogP contribution in [0, 0.1) is 6.92 Å². The van der Waals surface area contributed by atoms with Crippen LogP contribution in [0.1, 0.15) is 50.2 Å². The number of aryl methyl sites for hydroxylation is 1. The minimum atomic E-state index is -3.50. The van der Waals surface area contributed by atoms with Gasteiger partial charge in [-0.1, -0.05) is 43.5 Å². The third kappa shape index (κ3) is 4.32. The zero-order valence-corrected chi connectivity index (χ0v) is 14.2. The number of benzene rings is 1. The number of amides is 1. The monoisotopic (exact) mass is 323 g/mol. The molecule has 22 heavy (non-hydrogen) atoms. The van der Waals surface area contributed by atoms with E-state index in [-0.39, 0.29) is 17.7 Å². The van der Waals surface area contributed by atoms with Gasteiger partial charge in [0.2, 0.25) is 5.91 Å². The molecule has 0 saturated heterocycles. The first-order valence-corrected chi connectivity index (χ1v) is 9.68. The number of hydrogen-bond acceptors (Lipinski definition) is 3. The van der Waals surface area contributed by atoms with Crippen LogP contribution in [-0.4, -0.2) is 25.6 Å². The second-order valence-corrected chi connectivity index (χ2v) is 8.54. The molecule has 1 atom stereocenters. The average molecular weight is 323 g/mol. The van der Waals surface area contributed by atoms with Crippen molar-refractivity contribution in [2.45, 2.75) is 63.0 Å².